The molecule has 2 aromatic heterocycles. The molecule has 2 aromatic rings. The third kappa shape index (κ3) is 3.58. The standard InChI is InChI=1S/C13H13F3N6O/c1-6-2-7(6)8-3-11(22-21-8)20-12(23)19-10-4-9(13(14,15)16)17-5-18-10/h3-7H,2H2,1H3,(H3,17,18,19,20,21,22,23). The molecular formula is C13H13F3N6O. The molecule has 2 atom stereocenters. The summed E-state index contributed by atoms with van der Waals surface area (Å²) in [5, 5.41) is 11.4. The molecule has 122 valence electrons. The minimum atomic E-state index is -4.60. The first-order valence-corrected chi connectivity index (χ1v) is 6.85. The normalized spacial score (nSPS) is 20.2. The highest BCUT2D eigenvalue weighted by Gasteiger charge is 2.35. The Balaban J connectivity index is 1.62. The Labute approximate surface area is 128 Å². The predicted molar refractivity (Wildman–Crippen MR) is 74.8 cm³/mol. The topological polar surface area (TPSA) is 95.6 Å². The van der Waals surface area contributed by atoms with Crippen molar-refractivity contribution in [3.05, 3.63) is 29.8 Å². The smallest absolute Gasteiger partial charge is 0.292 e. The molecule has 2 unspecified atom stereocenters. The van der Waals surface area contributed by atoms with Crippen molar-refractivity contribution < 1.29 is 18.0 Å². The molecule has 2 amide bonds. The Kier molecular flexibility index (Phi) is 3.66. The second-order valence-corrected chi connectivity index (χ2v) is 5.39. The third-order valence-corrected chi connectivity index (χ3v) is 3.55. The lowest BCUT2D eigenvalue weighted by molar-refractivity contribution is -0.141. The number of alkyl halides is 3. The number of carbonyl (C=O) groups is 1. The van der Waals surface area contributed by atoms with E-state index in [-0.39, 0.29) is 5.82 Å². The van der Waals surface area contributed by atoms with Crippen LogP contribution in [0.15, 0.2) is 18.5 Å². The molecule has 0 aromatic carbocycles. The highest BCUT2D eigenvalue weighted by atomic mass is 19.4. The molecule has 0 radical (unpaired) electrons. The molecule has 2 heterocycles. The van der Waals surface area contributed by atoms with Crippen LogP contribution in [0.1, 0.15) is 30.7 Å². The fraction of sp³-hybridized carbons (Fsp3) is 0.385. The van der Waals surface area contributed by atoms with Crippen LogP contribution in [0.25, 0.3) is 0 Å². The molecule has 1 aliphatic carbocycles. The van der Waals surface area contributed by atoms with Crippen molar-refractivity contribution >= 4 is 17.7 Å². The lowest BCUT2D eigenvalue weighted by Gasteiger charge is -2.08. The zero-order valence-corrected chi connectivity index (χ0v) is 12.0. The van der Waals surface area contributed by atoms with Crippen LogP contribution < -0.4 is 10.6 Å². The number of anilines is 2. The number of hydrogen-bond donors (Lipinski definition) is 3. The van der Waals surface area contributed by atoms with E-state index in [9.17, 15) is 18.0 Å². The molecule has 1 aliphatic rings. The van der Waals surface area contributed by atoms with Gasteiger partial charge in [0.05, 0.1) is 0 Å². The maximum Gasteiger partial charge on any atom is 0.433 e. The molecule has 0 bridgehead atoms. The van der Waals surface area contributed by atoms with Gasteiger partial charge in [-0.1, -0.05) is 6.92 Å². The van der Waals surface area contributed by atoms with Gasteiger partial charge in [0, 0.05) is 23.7 Å². The number of carbonyl (C=O) groups excluding carboxylic acids is 1. The fourth-order valence-electron chi connectivity index (χ4n) is 2.19. The van der Waals surface area contributed by atoms with Crippen LogP contribution >= 0.6 is 0 Å². The van der Waals surface area contributed by atoms with Crippen molar-refractivity contribution in [1.29, 1.82) is 0 Å². The van der Waals surface area contributed by atoms with Gasteiger partial charge in [-0.3, -0.25) is 15.7 Å². The number of nitrogens with zero attached hydrogens (tertiary/aromatic N) is 3. The molecule has 1 saturated carbocycles. The van der Waals surface area contributed by atoms with Crippen molar-refractivity contribution in [3.63, 3.8) is 0 Å². The Hall–Kier alpha value is -2.65. The first-order chi connectivity index (χ1) is 10.8. The molecule has 1 fully saturated rings. The largest absolute Gasteiger partial charge is 0.433 e. The quantitative estimate of drug-likeness (QED) is 0.808. The Morgan fingerprint density at radius 2 is 1.96 bits per heavy atom. The van der Waals surface area contributed by atoms with Gasteiger partial charge in [-0.05, 0) is 12.3 Å². The Morgan fingerprint density at radius 1 is 1.26 bits per heavy atom. The van der Waals surface area contributed by atoms with Gasteiger partial charge < -0.3 is 0 Å². The second-order valence-electron chi connectivity index (χ2n) is 5.39. The maximum atomic E-state index is 12.5. The number of aromatic nitrogens is 4. The van der Waals surface area contributed by atoms with Gasteiger partial charge in [-0.15, -0.1) is 0 Å². The zero-order chi connectivity index (χ0) is 16.6. The van der Waals surface area contributed by atoms with Gasteiger partial charge in [0.2, 0.25) is 0 Å². The van der Waals surface area contributed by atoms with Gasteiger partial charge in [-0.2, -0.15) is 18.3 Å². The number of H-pyrrole nitrogens is 1. The van der Waals surface area contributed by atoms with Gasteiger partial charge in [0.1, 0.15) is 17.8 Å². The van der Waals surface area contributed by atoms with Crippen LogP contribution in [-0.2, 0) is 6.18 Å². The van der Waals surface area contributed by atoms with Gasteiger partial charge in [0.15, 0.2) is 5.82 Å². The number of amides is 2. The van der Waals surface area contributed by atoms with Gasteiger partial charge in [-0.25, -0.2) is 14.8 Å². The summed E-state index contributed by atoms with van der Waals surface area (Å²) in [5.74, 6) is 1.04. The summed E-state index contributed by atoms with van der Waals surface area (Å²) >= 11 is 0. The summed E-state index contributed by atoms with van der Waals surface area (Å²) in [4.78, 5) is 18.5. The van der Waals surface area contributed by atoms with Gasteiger partial charge in [0.25, 0.3) is 0 Å². The monoisotopic (exact) mass is 326 g/mol. The van der Waals surface area contributed by atoms with E-state index in [0.717, 1.165) is 18.4 Å². The zero-order valence-electron chi connectivity index (χ0n) is 12.0. The van der Waals surface area contributed by atoms with Crippen molar-refractivity contribution in [2.24, 2.45) is 5.92 Å². The van der Waals surface area contributed by atoms with Gasteiger partial charge >= 0.3 is 12.2 Å². The maximum absolute atomic E-state index is 12.5. The van der Waals surface area contributed by atoms with E-state index in [0.29, 0.717) is 23.7 Å². The van der Waals surface area contributed by atoms with Crippen LogP contribution in [0.4, 0.5) is 29.6 Å². The lowest BCUT2D eigenvalue weighted by Crippen LogP contribution is -2.21. The summed E-state index contributed by atoms with van der Waals surface area (Å²) in [5.41, 5.74) is -0.207. The summed E-state index contributed by atoms with van der Waals surface area (Å²) in [7, 11) is 0. The highest BCUT2D eigenvalue weighted by Crippen LogP contribution is 2.46. The lowest BCUT2D eigenvalue weighted by atomic mass is 10.2. The number of nitrogens with one attached hydrogen (secondary N) is 3. The van der Waals surface area contributed by atoms with E-state index < -0.39 is 17.9 Å². The van der Waals surface area contributed by atoms with E-state index in [2.05, 4.69) is 37.7 Å². The van der Waals surface area contributed by atoms with E-state index >= 15 is 0 Å². The minimum absolute atomic E-state index is 0.253. The summed E-state index contributed by atoms with van der Waals surface area (Å²) in [6.07, 6.45) is -2.80. The van der Waals surface area contributed by atoms with Crippen LogP contribution in [-0.4, -0.2) is 26.2 Å². The second kappa shape index (κ2) is 5.52. The number of hydrogen-bond acceptors (Lipinski definition) is 4. The van der Waals surface area contributed by atoms with Crippen molar-refractivity contribution in [3.8, 4) is 0 Å². The van der Waals surface area contributed by atoms with E-state index in [1.807, 2.05) is 0 Å². The van der Waals surface area contributed by atoms with E-state index in [1.54, 1.807) is 6.07 Å². The fourth-order valence-corrected chi connectivity index (χ4v) is 2.19. The first kappa shape index (κ1) is 15.3. The number of urea groups is 1. The van der Waals surface area contributed by atoms with Crippen LogP contribution in [0.5, 0.6) is 0 Å². The van der Waals surface area contributed by atoms with Crippen molar-refractivity contribution in [2.45, 2.75) is 25.4 Å². The summed E-state index contributed by atoms with van der Waals surface area (Å²) < 4.78 is 37.6. The first-order valence-electron chi connectivity index (χ1n) is 6.85. The minimum Gasteiger partial charge on any atom is -0.292 e. The highest BCUT2D eigenvalue weighted by molar-refractivity contribution is 5.98. The molecule has 23 heavy (non-hydrogen) atoms. The summed E-state index contributed by atoms with van der Waals surface area (Å²) in [6.45, 7) is 2.11. The van der Waals surface area contributed by atoms with E-state index in [1.165, 1.54) is 0 Å². The van der Waals surface area contributed by atoms with Crippen LogP contribution in [0.3, 0.4) is 0 Å². The molecule has 3 rings (SSSR count). The van der Waals surface area contributed by atoms with Crippen LogP contribution in [0, 0.1) is 5.92 Å². The molecule has 3 N–H and O–H groups in total. The average molecular weight is 326 g/mol. The number of halogens is 3. The molecule has 0 spiro atoms. The third-order valence-electron chi connectivity index (χ3n) is 3.55. The van der Waals surface area contributed by atoms with Crippen LogP contribution in [0.2, 0.25) is 0 Å². The Morgan fingerprint density at radius 3 is 2.61 bits per heavy atom. The molecule has 7 nitrogen and oxygen atoms in total. The average Bonchev–Trinajstić information content (AvgIpc) is 3.02. The predicted octanol–water partition coefficient (Wildman–Crippen LogP) is 2.99. The van der Waals surface area contributed by atoms with Crippen molar-refractivity contribution in [1.82, 2.24) is 20.2 Å². The SMILES string of the molecule is CC1CC1c1cc(NC(=O)Nc2cc(C(F)(F)F)ncn2)n[nH]1. The molecular weight excluding hydrogens is 313 g/mol. The van der Waals surface area contributed by atoms with Crippen molar-refractivity contribution in [2.75, 3.05) is 10.6 Å². The Bertz CT molecular complexity index is 728. The number of rotatable bonds is 3. The molecule has 10 heteroatoms. The summed E-state index contributed by atoms with van der Waals surface area (Å²) in [6, 6.07) is 1.62. The van der Waals surface area contributed by atoms with E-state index in [4.69, 9.17) is 0 Å². The molecule has 0 saturated heterocycles. The number of aromatic amines is 1. The molecule has 0 aliphatic heterocycles.